The van der Waals surface area contributed by atoms with Crippen LogP contribution in [-0.4, -0.2) is 18.3 Å². The summed E-state index contributed by atoms with van der Waals surface area (Å²) in [5.41, 5.74) is 0.264. The van der Waals surface area contributed by atoms with Crippen LogP contribution in [0.15, 0.2) is 42.5 Å². The van der Waals surface area contributed by atoms with Crippen molar-refractivity contribution in [2.45, 2.75) is 20.1 Å². The number of hydrogen-bond donors (Lipinski definition) is 1. The van der Waals surface area contributed by atoms with Crippen LogP contribution >= 0.6 is 0 Å². The number of benzene rings is 1. The Bertz CT molecular complexity index is 442. The van der Waals surface area contributed by atoms with Crippen molar-refractivity contribution in [1.82, 2.24) is 5.32 Å². The second-order valence-electron chi connectivity index (χ2n) is 3.67. The third-order valence-corrected chi connectivity index (χ3v) is 1.91. The van der Waals surface area contributed by atoms with Crippen LogP contribution in [0.2, 0.25) is 0 Å². The minimum absolute atomic E-state index is 0.264. The Labute approximate surface area is 105 Å². The van der Waals surface area contributed by atoms with Gasteiger partial charge < -0.3 is 9.47 Å². The van der Waals surface area contributed by atoms with Gasteiger partial charge in [0.15, 0.2) is 6.23 Å². The van der Waals surface area contributed by atoms with Crippen molar-refractivity contribution in [2.75, 3.05) is 0 Å². The molecule has 96 valence electrons. The van der Waals surface area contributed by atoms with Gasteiger partial charge in [0.1, 0.15) is 5.75 Å². The summed E-state index contributed by atoms with van der Waals surface area (Å²) in [7, 11) is 0. The van der Waals surface area contributed by atoms with Gasteiger partial charge in [-0.15, -0.1) is 0 Å². The van der Waals surface area contributed by atoms with Crippen molar-refractivity contribution in [3.63, 3.8) is 0 Å². The highest BCUT2D eigenvalue weighted by Crippen LogP contribution is 2.08. The number of para-hydroxylation sites is 1. The largest absolute Gasteiger partial charge is 0.439 e. The van der Waals surface area contributed by atoms with E-state index in [9.17, 15) is 9.59 Å². The van der Waals surface area contributed by atoms with E-state index in [0.717, 1.165) is 0 Å². The smallest absolute Gasteiger partial charge is 0.415 e. The van der Waals surface area contributed by atoms with Crippen molar-refractivity contribution in [2.24, 2.45) is 0 Å². The molecule has 18 heavy (non-hydrogen) atoms. The molecule has 1 aromatic carbocycles. The van der Waals surface area contributed by atoms with Crippen molar-refractivity contribution in [3.05, 3.63) is 42.5 Å². The van der Waals surface area contributed by atoms with E-state index in [2.05, 4.69) is 11.9 Å². The number of amides is 1. The average molecular weight is 249 g/mol. The summed E-state index contributed by atoms with van der Waals surface area (Å²) in [5, 5.41) is 2.37. The maximum atomic E-state index is 11.4. The van der Waals surface area contributed by atoms with Crippen LogP contribution in [0.25, 0.3) is 0 Å². The van der Waals surface area contributed by atoms with Crippen LogP contribution in [-0.2, 0) is 9.53 Å². The fraction of sp³-hybridized carbons (Fsp3) is 0.231. The maximum absolute atomic E-state index is 11.4. The molecule has 1 unspecified atom stereocenters. The van der Waals surface area contributed by atoms with Gasteiger partial charge in [0, 0.05) is 5.57 Å². The lowest BCUT2D eigenvalue weighted by atomic mass is 10.3. The van der Waals surface area contributed by atoms with Crippen LogP contribution in [0.5, 0.6) is 5.75 Å². The SMILES string of the molecule is C=C(C)C(=O)OC(C)NC(=O)Oc1ccccc1. The van der Waals surface area contributed by atoms with E-state index < -0.39 is 18.3 Å². The van der Waals surface area contributed by atoms with E-state index in [0.29, 0.717) is 5.75 Å². The summed E-state index contributed by atoms with van der Waals surface area (Å²) < 4.78 is 9.83. The average Bonchev–Trinajstić information content (AvgIpc) is 2.29. The first kappa shape index (κ1) is 13.8. The van der Waals surface area contributed by atoms with E-state index in [1.165, 1.54) is 13.8 Å². The third-order valence-electron chi connectivity index (χ3n) is 1.91. The van der Waals surface area contributed by atoms with E-state index in [1.807, 2.05) is 6.07 Å². The standard InChI is InChI=1S/C13H15NO4/c1-9(2)12(15)17-10(3)14-13(16)18-11-7-5-4-6-8-11/h4-8,10H,1H2,2-3H3,(H,14,16). The first-order valence-electron chi connectivity index (χ1n) is 5.39. The monoisotopic (exact) mass is 249 g/mol. The minimum Gasteiger partial charge on any atom is -0.439 e. The lowest BCUT2D eigenvalue weighted by Crippen LogP contribution is -2.38. The summed E-state index contributed by atoms with van der Waals surface area (Å²) in [4.78, 5) is 22.6. The molecular formula is C13H15NO4. The Hall–Kier alpha value is -2.30. The van der Waals surface area contributed by atoms with Gasteiger partial charge in [-0.2, -0.15) is 0 Å². The molecule has 5 nitrogen and oxygen atoms in total. The molecule has 1 amide bonds. The minimum atomic E-state index is -0.787. The zero-order valence-electron chi connectivity index (χ0n) is 10.3. The van der Waals surface area contributed by atoms with E-state index in [1.54, 1.807) is 24.3 Å². The van der Waals surface area contributed by atoms with Gasteiger partial charge in [0.2, 0.25) is 0 Å². The number of ether oxygens (including phenoxy) is 2. The fourth-order valence-corrected chi connectivity index (χ4v) is 1.08. The molecule has 0 aliphatic carbocycles. The fourth-order valence-electron chi connectivity index (χ4n) is 1.08. The molecule has 0 fully saturated rings. The zero-order chi connectivity index (χ0) is 13.5. The molecule has 0 saturated heterocycles. The van der Waals surface area contributed by atoms with Gasteiger partial charge in [-0.1, -0.05) is 24.8 Å². The second kappa shape index (κ2) is 6.44. The first-order chi connectivity index (χ1) is 8.49. The highest BCUT2D eigenvalue weighted by atomic mass is 16.6. The first-order valence-corrected chi connectivity index (χ1v) is 5.39. The summed E-state index contributed by atoms with van der Waals surface area (Å²) in [6.07, 6.45) is -1.48. The molecule has 0 aliphatic heterocycles. The Morgan fingerprint density at radius 1 is 1.28 bits per heavy atom. The van der Waals surface area contributed by atoms with Crippen molar-refractivity contribution < 1.29 is 19.1 Å². The van der Waals surface area contributed by atoms with Gasteiger partial charge in [0.05, 0.1) is 0 Å². The summed E-state index contributed by atoms with van der Waals surface area (Å²) in [6, 6.07) is 8.58. The van der Waals surface area contributed by atoms with Crippen LogP contribution < -0.4 is 10.1 Å². The maximum Gasteiger partial charge on any atom is 0.415 e. The number of carbonyl (C=O) groups excluding carboxylic acids is 2. The normalized spacial score (nSPS) is 11.2. The van der Waals surface area contributed by atoms with Crippen LogP contribution in [0.4, 0.5) is 4.79 Å². The quantitative estimate of drug-likeness (QED) is 0.505. The topological polar surface area (TPSA) is 64.6 Å². The molecule has 1 N–H and O–H groups in total. The Balaban J connectivity index is 2.41. The highest BCUT2D eigenvalue weighted by Gasteiger charge is 2.13. The van der Waals surface area contributed by atoms with Gasteiger partial charge in [-0.3, -0.25) is 5.32 Å². The summed E-state index contributed by atoms with van der Waals surface area (Å²) in [5.74, 6) is -0.157. The Kier molecular flexibility index (Phi) is 4.92. The predicted octanol–water partition coefficient (Wildman–Crippen LogP) is 2.24. The predicted molar refractivity (Wildman–Crippen MR) is 66.0 cm³/mol. The molecule has 0 saturated carbocycles. The molecular weight excluding hydrogens is 234 g/mol. The van der Waals surface area contributed by atoms with Crippen LogP contribution in [0, 0.1) is 0 Å². The number of carbonyl (C=O) groups is 2. The van der Waals surface area contributed by atoms with Crippen molar-refractivity contribution >= 4 is 12.1 Å². The molecule has 1 atom stereocenters. The molecule has 1 rings (SSSR count). The lowest BCUT2D eigenvalue weighted by Gasteiger charge is -2.14. The second-order valence-corrected chi connectivity index (χ2v) is 3.67. The summed E-state index contributed by atoms with van der Waals surface area (Å²) >= 11 is 0. The molecule has 0 bridgehead atoms. The molecule has 0 spiro atoms. The van der Waals surface area contributed by atoms with Crippen LogP contribution in [0.3, 0.4) is 0 Å². The van der Waals surface area contributed by atoms with Gasteiger partial charge in [0.25, 0.3) is 0 Å². The number of hydrogen-bond acceptors (Lipinski definition) is 4. The highest BCUT2D eigenvalue weighted by molar-refractivity contribution is 5.87. The molecule has 0 aromatic heterocycles. The van der Waals surface area contributed by atoms with E-state index in [-0.39, 0.29) is 5.57 Å². The van der Waals surface area contributed by atoms with E-state index in [4.69, 9.17) is 9.47 Å². The number of rotatable bonds is 4. The van der Waals surface area contributed by atoms with Gasteiger partial charge in [-0.05, 0) is 26.0 Å². The Morgan fingerprint density at radius 2 is 1.89 bits per heavy atom. The molecule has 0 radical (unpaired) electrons. The van der Waals surface area contributed by atoms with Gasteiger partial charge in [-0.25, -0.2) is 9.59 Å². The third kappa shape index (κ3) is 4.69. The molecule has 1 aromatic rings. The molecule has 0 heterocycles. The van der Waals surface area contributed by atoms with E-state index >= 15 is 0 Å². The van der Waals surface area contributed by atoms with Crippen LogP contribution in [0.1, 0.15) is 13.8 Å². The Morgan fingerprint density at radius 3 is 2.44 bits per heavy atom. The van der Waals surface area contributed by atoms with Crippen molar-refractivity contribution in [1.29, 1.82) is 0 Å². The summed E-state index contributed by atoms with van der Waals surface area (Å²) in [6.45, 7) is 6.48. The molecule has 5 heteroatoms. The lowest BCUT2D eigenvalue weighted by molar-refractivity contribution is -0.144. The zero-order valence-corrected chi connectivity index (χ0v) is 10.3. The van der Waals surface area contributed by atoms with Crippen molar-refractivity contribution in [3.8, 4) is 5.75 Å². The molecule has 0 aliphatic rings. The van der Waals surface area contributed by atoms with Gasteiger partial charge >= 0.3 is 12.1 Å². The number of nitrogens with one attached hydrogen (secondary N) is 1. The number of esters is 1.